The van der Waals surface area contributed by atoms with Crippen molar-refractivity contribution in [2.24, 2.45) is 0 Å². The van der Waals surface area contributed by atoms with Crippen LogP contribution in [0.5, 0.6) is 0 Å². The van der Waals surface area contributed by atoms with Crippen LogP contribution in [0.3, 0.4) is 0 Å². The van der Waals surface area contributed by atoms with Gasteiger partial charge in [0.05, 0.1) is 0 Å². The van der Waals surface area contributed by atoms with Crippen molar-refractivity contribution in [3.63, 3.8) is 0 Å². The minimum atomic E-state index is 0.0348. The molecule has 0 N–H and O–H groups in total. The molecule has 0 fully saturated rings. The van der Waals surface area contributed by atoms with Crippen molar-refractivity contribution in [2.45, 2.75) is 136 Å². The molecule has 0 saturated carbocycles. The molecule has 0 heterocycles. The summed E-state index contributed by atoms with van der Waals surface area (Å²) in [7, 11) is 0. The van der Waals surface area contributed by atoms with Crippen molar-refractivity contribution in [2.75, 3.05) is 17.6 Å². The van der Waals surface area contributed by atoms with E-state index in [2.05, 4.69) is 48.6 Å². The van der Waals surface area contributed by atoms with Gasteiger partial charge in [-0.1, -0.05) is 119 Å². The lowest BCUT2D eigenvalue weighted by Gasteiger charge is -2.19. The van der Waals surface area contributed by atoms with Crippen LogP contribution in [0, 0.1) is 0 Å². The third-order valence-corrected chi connectivity index (χ3v) is 5.98. The summed E-state index contributed by atoms with van der Waals surface area (Å²) < 4.78 is 13.4. The number of rotatable bonds is 24. The molecule has 29 heavy (non-hydrogen) atoms. The number of ether oxygens (including phenoxy) is 2. The van der Waals surface area contributed by atoms with Gasteiger partial charge in [-0.3, -0.25) is 0 Å². The third-order valence-electron chi connectivity index (χ3n) is 5.36. The molecule has 0 aromatic rings. The molecule has 0 aromatic heterocycles. The Balaban J connectivity index is 3.68. The molecule has 0 bridgehead atoms. The number of hydrogen-bond acceptors (Lipinski definition) is 2. The molecule has 0 atom stereocenters. The number of halogens is 1. The summed E-state index contributed by atoms with van der Waals surface area (Å²) in [4.78, 5) is 0. The summed E-state index contributed by atoms with van der Waals surface area (Å²) in [6, 6.07) is 0. The standard InChI is InChI=1S/C26H51IO2/c1-3-5-7-20-24-28-26(29-25-21-8-6-4-2)22-18-16-14-12-10-9-11-13-15-17-19-23-27/h15,17,26H,3-14,16,18-25H2,1-2H3/b17-15+. The monoisotopic (exact) mass is 522 g/mol. The molecule has 0 radical (unpaired) electrons. The first kappa shape index (κ1) is 29.4. The van der Waals surface area contributed by atoms with Crippen molar-refractivity contribution in [3.8, 4) is 0 Å². The van der Waals surface area contributed by atoms with Crippen molar-refractivity contribution in [3.05, 3.63) is 12.2 Å². The van der Waals surface area contributed by atoms with E-state index in [0.717, 1.165) is 19.6 Å². The van der Waals surface area contributed by atoms with Gasteiger partial charge in [0.2, 0.25) is 0 Å². The van der Waals surface area contributed by atoms with Crippen molar-refractivity contribution < 1.29 is 9.47 Å². The van der Waals surface area contributed by atoms with Gasteiger partial charge in [0.15, 0.2) is 6.29 Å². The minimum absolute atomic E-state index is 0.0348. The van der Waals surface area contributed by atoms with Crippen LogP contribution in [0.2, 0.25) is 0 Å². The Bertz CT molecular complexity index is 306. The molecule has 0 aliphatic heterocycles. The van der Waals surface area contributed by atoms with Gasteiger partial charge < -0.3 is 9.47 Å². The molecule has 0 saturated heterocycles. The van der Waals surface area contributed by atoms with Gasteiger partial charge in [-0.05, 0) is 44.9 Å². The highest BCUT2D eigenvalue weighted by Gasteiger charge is 2.09. The zero-order valence-electron chi connectivity index (χ0n) is 19.8. The Kier molecular flexibility index (Phi) is 26.8. The first-order valence-electron chi connectivity index (χ1n) is 12.8. The summed E-state index contributed by atoms with van der Waals surface area (Å²) in [6.45, 7) is 6.25. The maximum Gasteiger partial charge on any atom is 0.157 e. The molecular weight excluding hydrogens is 471 g/mol. The fourth-order valence-corrected chi connectivity index (χ4v) is 3.82. The van der Waals surface area contributed by atoms with Crippen LogP contribution in [0.15, 0.2) is 12.2 Å². The second-order valence-corrected chi connectivity index (χ2v) is 9.37. The number of alkyl halides is 1. The Morgan fingerprint density at radius 1 is 0.586 bits per heavy atom. The molecule has 0 amide bonds. The average molecular weight is 523 g/mol. The summed E-state index contributed by atoms with van der Waals surface area (Å²) in [5, 5.41) is 0. The molecule has 174 valence electrons. The molecule has 0 aliphatic carbocycles. The van der Waals surface area contributed by atoms with E-state index in [1.165, 1.54) is 114 Å². The number of hydrogen-bond donors (Lipinski definition) is 0. The van der Waals surface area contributed by atoms with Gasteiger partial charge >= 0.3 is 0 Å². The first-order chi connectivity index (χ1) is 14.3. The van der Waals surface area contributed by atoms with Crippen LogP contribution >= 0.6 is 22.6 Å². The summed E-state index contributed by atoms with van der Waals surface area (Å²) in [6.07, 6.45) is 27.9. The number of allylic oxidation sites excluding steroid dienone is 2. The molecule has 3 heteroatoms. The highest BCUT2D eigenvalue weighted by molar-refractivity contribution is 14.1. The fourth-order valence-electron chi connectivity index (χ4n) is 3.46. The zero-order valence-corrected chi connectivity index (χ0v) is 21.9. The highest BCUT2D eigenvalue weighted by Crippen LogP contribution is 2.14. The SMILES string of the molecule is CCCCCCOC(CCCCCCCCC/C=C/CCI)OCCCCCC. The predicted octanol–water partition coefficient (Wildman–Crippen LogP) is 9.40. The lowest BCUT2D eigenvalue weighted by atomic mass is 10.1. The normalized spacial score (nSPS) is 11.9. The van der Waals surface area contributed by atoms with Gasteiger partial charge in [0, 0.05) is 17.6 Å². The van der Waals surface area contributed by atoms with E-state index in [4.69, 9.17) is 9.47 Å². The van der Waals surface area contributed by atoms with Crippen LogP contribution < -0.4 is 0 Å². The van der Waals surface area contributed by atoms with Crippen LogP contribution in [-0.2, 0) is 9.47 Å². The topological polar surface area (TPSA) is 18.5 Å². The average Bonchev–Trinajstić information content (AvgIpc) is 2.73. The smallest absolute Gasteiger partial charge is 0.157 e. The lowest BCUT2D eigenvalue weighted by molar-refractivity contribution is -0.148. The Labute approximate surface area is 197 Å². The van der Waals surface area contributed by atoms with Gasteiger partial charge in [0.1, 0.15) is 0 Å². The second kappa shape index (κ2) is 26.4. The van der Waals surface area contributed by atoms with Gasteiger partial charge in [0.25, 0.3) is 0 Å². The highest BCUT2D eigenvalue weighted by atomic mass is 127. The van der Waals surface area contributed by atoms with E-state index in [-0.39, 0.29) is 6.29 Å². The van der Waals surface area contributed by atoms with Crippen molar-refractivity contribution in [1.29, 1.82) is 0 Å². The number of unbranched alkanes of at least 4 members (excludes halogenated alkanes) is 13. The van der Waals surface area contributed by atoms with E-state index >= 15 is 0 Å². The molecule has 0 spiro atoms. The van der Waals surface area contributed by atoms with E-state index in [1.807, 2.05) is 0 Å². The molecule has 0 rings (SSSR count). The maximum absolute atomic E-state index is 6.07. The quantitative estimate of drug-likeness (QED) is 0.0413. The van der Waals surface area contributed by atoms with E-state index in [1.54, 1.807) is 0 Å². The third kappa shape index (κ3) is 24.5. The predicted molar refractivity (Wildman–Crippen MR) is 138 cm³/mol. The first-order valence-corrected chi connectivity index (χ1v) is 14.3. The fraction of sp³-hybridized carbons (Fsp3) is 0.923. The second-order valence-electron chi connectivity index (χ2n) is 8.29. The summed E-state index contributed by atoms with van der Waals surface area (Å²) >= 11 is 2.44. The van der Waals surface area contributed by atoms with Crippen molar-refractivity contribution in [1.82, 2.24) is 0 Å². The largest absolute Gasteiger partial charge is 0.353 e. The van der Waals surface area contributed by atoms with Crippen LogP contribution in [-0.4, -0.2) is 23.9 Å². The van der Waals surface area contributed by atoms with E-state index in [9.17, 15) is 0 Å². The minimum Gasteiger partial charge on any atom is -0.353 e. The van der Waals surface area contributed by atoms with Crippen LogP contribution in [0.25, 0.3) is 0 Å². The van der Waals surface area contributed by atoms with Gasteiger partial charge in [-0.25, -0.2) is 0 Å². The van der Waals surface area contributed by atoms with Crippen LogP contribution in [0.4, 0.5) is 0 Å². The van der Waals surface area contributed by atoms with E-state index < -0.39 is 0 Å². The molecular formula is C26H51IO2. The Morgan fingerprint density at radius 3 is 1.62 bits per heavy atom. The maximum atomic E-state index is 6.07. The Hall–Kier alpha value is 0.390. The summed E-state index contributed by atoms with van der Waals surface area (Å²) in [5.41, 5.74) is 0. The molecule has 0 aromatic carbocycles. The zero-order chi connectivity index (χ0) is 21.3. The lowest BCUT2D eigenvalue weighted by Crippen LogP contribution is -2.19. The molecule has 0 aliphatic rings. The van der Waals surface area contributed by atoms with Crippen molar-refractivity contribution >= 4 is 22.6 Å². The Morgan fingerprint density at radius 2 is 1.07 bits per heavy atom. The molecule has 2 nitrogen and oxygen atoms in total. The molecule has 0 unspecified atom stereocenters. The van der Waals surface area contributed by atoms with Gasteiger partial charge in [-0.2, -0.15) is 0 Å². The van der Waals surface area contributed by atoms with Gasteiger partial charge in [-0.15, -0.1) is 0 Å². The van der Waals surface area contributed by atoms with Crippen LogP contribution in [0.1, 0.15) is 129 Å². The van der Waals surface area contributed by atoms with E-state index in [0.29, 0.717) is 0 Å². The summed E-state index contributed by atoms with van der Waals surface area (Å²) in [5.74, 6) is 0.